The van der Waals surface area contributed by atoms with Crippen LogP contribution in [0.2, 0.25) is 0 Å². The lowest BCUT2D eigenvalue weighted by atomic mass is 9.85. The summed E-state index contributed by atoms with van der Waals surface area (Å²) in [5, 5.41) is 14.7. The van der Waals surface area contributed by atoms with Gasteiger partial charge in [0, 0.05) is 5.39 Å². The van der Waals surface area contributed by atoms with Crippen molar-refractivity contribution in [3.8, 4) is 6.07 Å². The standard InChI is InChI=1S/C32H29N3O3S/c1-32(2,3)23-13-11-20(12-14-23)17-21-7-6-9-25-28(24-8-4-5-10-26(24)34-29(21)25)31(37)38-19-27(36)35-30-22(18-33)15-16-39-30/h4-5,8,10-17H,6-7,9,19H2,1-3H3,(H,35,36)/b21-17-. The fraction of sp³-hybridized carbons (Fsp3) is 0.250. The Kier molecular flexibility index (Phi) is 7.32. The molecule has 1 aliphatic carbocycles. The fourth-order valence-corrected chi connectivity index (χ4v) is 5.60. The van der Waals surface area contributed by atoms with Crippen molar-refractivity contribution in [3.05, 3.63) is 93.5 Å². The van der Waals surface area contributed by atoms with Crippen molar-refractivity contribution >= 4 is 50.8 Å². The molecule has 4 aromatic rings. The summed E-state index contributed by atoms with van der Waals surface area (Å²) in [5.74, 6) is -1.05. The molecule has 0 aliphatic heterocycles. The van der Waals surface area contributed by atoms with E-state index >= 15 is 0 Å². The number of esters is 1. The van der Waals surface area contributed by atoms with Crippen molar-refractivity contribution in [1.82, 2.24) is 4.98 Å². The van der Waals surface area contributed by atoms with Crippen LogP contribution in [0.4, 0.5) is 5.00 Å². The number of benzene rings is 2. The highest BCUT2D eigenvalue weighted by Gasteiger charge is 2.26. The van der Waals surface area contributed by atoms with E-state index in [0.717, 1.165) is 35.2 Å². The number of nitrogens with zero attached hydrogens (tertiary/aromatic N) is 2. The molecule has 2 aromatic heterocycles. The van der Waals surface area contributed by atoms with Crippen LogP contribution in [0.1, 0.15) is 71.9 Å². The van der Waals surface area contributed by atoms with E-state index in [2.05, 4.69) is 56.4 Å². The van der Waals surface area contributed by atoms with Crippen LogP contribution in [0.15, 0.2) is 60.0 Å². The first-order chi connectivity index (χ1) is 18.7. The predicted molar refractivity (Wildman–Crippen MR) is 156 cm³/mol. The maximum atomic E-state index is 13.5. The molecule has 196 valence electrons. The van der Waals surface area contributed by atoms with Crippen LogP contribution in [0, 0.1) is 11.3 Å². The molecule has 0 radical (unpaired) electrons. The molecule has 1 N–H and O–H groups in total. The molecule has 5 rings (SSSR count). The van der Waals surface area contributed by atoms with E-state index in [1.165, 1.54) is 16.9 Å². The lowest BCUT2D eigenvalue weighted by Gasteiger charge is -2.23. The normalized spacial score (nSPS) is 14.1. The number of rotatable bonds is 5. The zero-order chi connectivity index (χ0) is 27.6. The number of ether oxygens (including phenoxy) is 1. The Balaban J connectivity index is 1.46. The molecule has 2 aromatic carbocycles. The molecule has 39 heavy (non-hydrogen) atoms. The van der Waals surface area contributed by atoms with Gasteiger partial charge in [-0.25, -0.2) is 9.78 Å². The van der Waals surface area contributed by atoms with Gasteiger partial charge >= 0.3 is 5.97 Å². The number of nitriles is 1. The average molecular weight is 536 g/mol. The second-order valence-electron chi connectivity index (χ2n) is 10.6. The number of thiophene rings is 1. The summed E-state index contributed by atoms with van der Waals surface area (Å²) in [6.45, 7) is 6.14. The Labute approximate surface area is 232 Å². The van der Waals surface area contributed by atoms with Gasteiger partial charge in [0.25, 0.3) is 5.91 Å². The number of allylic oxidation sites excluding steroid dienone is 1. The Morgan fingerprint density at radius 3 is 2.62 bits per heavy atom. The maximum absolute atomic E-state index is 13.5. The van der Waals surface area contributed by atoms with Gasteiger partial charge in [-0.2, -0.15) is 5.26 Å². The van der Waals surface area contributed by atoms with Gasteiger partial charge in [-0.3, -0.25) is 4.79 Å². The third kappa shape index (κ3) is 5.62. The molecular weight excluding hydrogens is 506 g/mol. The summed E-state index contributed by atoms with van der Waals surface area (Å²) in [4.78, 5) is 30.9. The summed E-state index contributed by atoms with van der Waals surface area (Å²) < 4.78 is 5.51. The van der Waals surface area contributed by atoms with Crippen LogP contribution in [0.5, 0.6) is 0 Å². The Bertz CT molecular complexity index is 1640. The fourth-order valence-electron chi connectivity index (χ4n) is 4.85. The summed E-state index contributed by atoms with van der Waals surface area (Å²) in [6.07, 6.45) is 4.60. The summed E-state index contributed by atoms with van der Waals surface area (Å²) in [6, 6.07) is 19.8. The number of amides is 1. The SMILES string of the molecule is CC(C)(C)c1ccc(/C=C2/CCCc3c2nc2ccccc2c3C(=O)OCC(=O)Nc2sccc2C#N)cc1. The van der Waals surface area contributed by atoms with Gasteiger partial charge in [-0.1, -0.05) is 63.2 Å². The minimum atomic E-state index is -0.553. The van der Waals surface area contributed by atoms with Gasteiger partial charge in [0.2, 0.25) is 0 Å². The number of aromatic nitrogens is 1. The van der Waals surface area contributed by atoms with Crippen LogP contribution < -0.4 is 5.32 Å². The van der Waals surface area contributed by atoms with Crippen molar-refractivity contribution < 1.29 is 14.3 Å². The molecule has 0 bridgehead atoms. The number of nitrogens with one attached hydrogen (secondary N) is 1. The third-order valence-corrected chi connectivity index (χ3v) is 7.69. The van der Waals surface area contributed by atoms with Crippen molar-refractivity contribution in [2.45, 2.75) is 45.4 Å². The van der Waals surface area contributed by atoms with E-state index in [4.69, 9.17) is 15.0 Å². The van der Waals surface area contributed by atoms with Gasteiger partial charge in [0.05, 0.1) is 22.3 Å². The zero-order valence-electron chi connectivity index (χ0n) is 22.2. The molecule has 2 heterocycles. The molecule has 0 saturated carbocycles. The van der Waals surface area contributed by atoms with Crippen LogP contribution in [0.25, 0.3) is 22.6 Å². The predicted octanol–water partition coefficient (Wildman–Crippen LogP) is 7.14. The van der Waals surface area contributed by atoms with E-state index < -0.39 is 18.5 Å². The molecule has 7 heteroatoms. The van der Waals surface area contributed by atoms with Crippen LogP contribution in [-0.4, -0.2) is 23.5 Å². The number of hydrogen-bond acceptors (Lipinski definition) is 6. The summed E-state index contributed by atoms with van der Waals surface area (Å²) in [7, 11) is 0. The van der Waals surface area contributed by atoms with E-state index in [1.54, 1.807) is 11.4 Å². The van der Waals surface area contributed by atoms with Crippen molar-refractivity contribution in [2.24, 2.45) is 0 Å². The second-order valence-corrected chi connectivity index (χ2v) is 11.5. The maximum Gasteiger partial charge on any atom is 0.339 e. The molecule has 0 fully saturated rings. The van der Waals surface area contributed by atoms with Gasteiger partial charge < -0.3 is 10.1 Å². The quantitative estimate of drug-likeness (QED) is 0.274. The molecule has 0 saturated heterocycles. The Morgan fingerprint density at radius 2 is 1.87 bits per heavy atom. The number of para-hydroxylation sites is 1. The van der Waals surface area contributed by atoms with E-state index in [9.17, 15) is 9.59 Å². The van der Waals surface area contributed by atoms with Crippen LogP contribution in [-0.2, 0) is 21.4 Å². The minimum Gasteiger partial charge on any atom is -0.452 e. The first-order valence-corrected chi connectivity index (χ1v) is 13.8. The number of anilines is 1. The average Bonchev–Trinajstić information content (AvgIpc) is 3.37. The first kappa shape index (κ1) is 26.3. The highest BCUT2D eigenvalue weighted by molar-refractivity contribution is 7.14. The lowest BCUT2D eigenvalue weighted by molar-refractivity contribution is -0.119. The van der Waals surface area contributed by atoms with E-state index in [0.29, 0.717) is 33.5 Å². The number of carbonyl (C=O) groups excluding carboxylic acids is 2. The lowest BCUT2D eigenvalue weighted by Crippen LogP contribution is -2.22. The van der Waals surface area contributed by atoms with E-state index in [1.807, 2.05) is 30.3 Å². The molecular formula is C32H29N3O3S. The summed E-state index contributed by atoms with van der Waals surface area (Å²) in [5.41, 5.74) is 6.74. The number of fused-ring (bicyclic) bond motifs is 2. The van der Waals surface area contributed by atoms with Gasteiger partial charge in [-0.15, -0.1) is 11.3 Å². The van der Waals surface area contributed by atoms with Crippen LogP contribution >= 0.6 is 11.3 Å². The first-order valence-electron chi connectivity index (χ1n) is 12.9. The Hall–Kier alpha value is -4.28. The highest BCUT2D eigenvalue weighted by atomic mass is 32.1. The minimum absolute atomic E-state index is 0.0809. The van der Waals surface area contributed by atoms with Crippen molar-refractivity contribution in [3.63, 3.8) is 0 Å². The molecule has 6 nitrogen and oxygen atoms in total. The molecule has 1 amide bonds. The number of pyridine rings is 1. The molecule has 0 atom stereocenters. The number of hydrogen-bond donors (Lipinski definition) is 1. The molecule has 0 spiro atoms. The largest absolute Gasteiger partial charge is 0.452 e. The molecule has 0 unspecified atom stereocenters. The number of carbonyl (C=O) groups is 2. The van der Waals surface area contributed by atoms with Crippen molar-refractivity contribution in [2.75, 3.05) is 11.9 Å². The summed E-state index contributed by atoms with van der Waals surface area (Å²) >= 11 is 1.25. The van der Waals surface area contributed by atoms with Crippen LogP contribution in [0.3, 0.4) is 0 Å². The topological polar surface area (TPSA) is 92.1 Å². The van der Waals surface area contributed by atoms with Gasteiger partial charge in [0.15, 0.2) is 6.61 Å². The van der Waals surface area contributed by atoms with Gasteiger partial charge in [0.1, 0.15) is 11.1 Å². The van der Waals surface area contributed by atoms with Gasteiger partial charge in [-0.05, 0) is 70.5 Å². The van der Waals surface area contributed by atoms with E-state index in [-0.39, 0.29) is 5.41 Å². The highest BCUT2D eigenvalue weighted by Crippen LogP contribution is 2.36. The third-order valence-electron chi connectivity index (χ3n) is 6.87. The zero-order valence-corrected chi connectivity index (χ0v) is 23.0. The monoisotopic (exact) mass is 535 g/mol. The Morgan fingerprint density at radius 1 is 1.10 bits per heavy atom. The molecule has 1 aliphatic rings. The van der Waals surface area contributed by atoms with Crippen molar-refractivity contribution in [1.29, 1.82) is 5.26 Å². The smallest absolute Gasteiger partial charge is 0.339 e. The second kappa shape index (κ2) is 10.8.